The number of carbonyl (C=O) groups is 1. The Labute approximate surface area is 108 Å². The number of aromatic amines is 1. The number of pyridine rings is 1. The van der Waals surface area contributed by atoms with Crippen LogP contribution in [0.3, 0.4) is 0 Å². The van der Waals surface area contributed by atoms with E-state index in [0.29, 0.717) is 11.2 Å². The molecule has 94 valence electrons. The lowest BCUT2D eigenvalue weighted by atomic mass is 10.1. The van der Waals surface area contributed by atoms with Gasteiger partial charge in [0.25, 0.3) is 0 Å². The Morgan fingerprint density at radius 2 is 2.44 bits per heavy atom. The second kappa shape index (κ2) is 3.98. The molecule has 0 aromatic carbocycles. The largest absolute Gasteiger partial charge is 0.478 e. The second-order valence-corrected chi connectivity index (χ2v) is 6.27. The van der Waals surface area contributed by atoms with Gasteiger partial charge in [-0.15, -0.1) is 11.8 Å². The normalized spacial score (nSPS) is 23.6. The van der Waals surface area contributed by atoms with Crippen molar-refractivity contribution in [3.63, 3.8) is 0 Å². The van der Waals surface area contributed by atoms with Gasteiger partial charge in [0.05, 0.1) is 15.8 Å². The Kier molecular flexibility index (Phi) is 2.55. The monoisotopic (exact) mass is 263 g/mol. The van der Waals surface area contributed by atoms with Crippen molar-refractivity contribution in [1.82, 2.24) is 15.0 Å². The van der Waals surface area contributed by atoms with Crippen LogP contribution in [0.25, 0.3) is 11.2 Å². The second-order valence-electron chi connectivity index (χ2n) is 4.67. The molecule has 1 aliphatic heterocycles. The fourth-order valence-corrected chi connectivity index (χ4v) is 3.49. The Bertz CT molecular complexity index is 617. The lowest BCUT2D eigenvalue weighted by Crippen LogP contribution is -2.14. The standard InChI is InChI=1S/C12H13N3O2S/c1-12(3-2-4-18-12)11-14-8-5-7(10(16)17)6-13-9(8)15-11/h5-6H,2-4H2,1H3,(H,16,17)(H,13,14,15). The van der Waals surface area contributed by atoms with Crippen LogP contribution in [0.1, 0.15) is 35.9 Å². The highest BCUT2D eigenvalue weighted by Crippen LogP contribution is 2.45. The number of H-pyrrole nitrogens is 1. The van der Waals surface area contributed by atoms with Gasteiger partial charge in [-0.3, -0.25) is 0 Å². The van der Waals surface area contributed by atoms with Crippen LogP contribution in [-0.2, 0) is 4.75 Å². The zero-order valence-corrected chi connectivity index (χ0v) is 10.8. The van der Waals surface area contributed by atoms with E-state index in [1.54, 1.807) is 6.07 Å². The van der Waals surface area contributed by atoms with E-state index in [4.69, 9.17) is 5.11 Å². The minimum absolute atomic E-state index is 0.00405. The van der Waals surface area contributed by atoms with E-state index in [0.717, 1.165) is 18.0 Å². The van der Waals surface area contributed by atoms with E-state index in [1.165, 1.54) is 12.6 Å². The molecule has 1 fully saturated rings. The lowest BCUT2D eigenvalue weighted by Gasteiger charge is -2.18. The Morgan fingerprint density at radius 3 is 3.11 bits per heavy atom. The summed E-state index contributed by atoms with van der Waals surface area (Å²) in [4.78, 5) is 22.7. The molecule has 3 rings (SSSR count). The Hall–Kier alpha value is -1.56. The molecule has 6 heteroatoms. The summed E-state index contributed by atoms with van der Waals surface area (Å²) in [7, 11) is 0. The number of carboxylic acids is 1. The molecule has 0 spiro atoms. The van der Waals surface area contributed by atoms with E-state index in [1.807, 2.05) is 11.8 Å². The maximum absolute atomic E-state index is 10.9. The number of imidazole rings is 1. The van der Waals surface area contributed by atoms with Gasteiger partial charge in [0.15, 0.2) is 5.65 Å². The van der Waals surface area contributed by atoms with Gasteiger partial charge >= 0.3 is 5.97 Å². The minimum Gasteiger partial charge on any atom is -0.478 e. The third-order valence-electron chi connectivity index (χ3n) is 3.30. The number of aromatic carboxylic acids is 1. The van der Waals surface area contributed by atoms with Crippen LogP contribution in [0.4, 0.5) is 0 Å². The Balaban J connectivity index is 2.08. The molecule has 2 N–H and O–H groups in total. The number of nitrogens with one attached hydrogen (secondary N) is 1. The number of carboxylic acid groups (broad SMARTS) is 1. The zero-order chi connectivity index (χ0) is 12.8. The van der Waals surface area contributed by atoms with Crippen LogP contribution in [0.2, 0.25) is 0 Å². The van der Waals surface area contributed by atoms with Crippen LogP contribution in [0, 0.1) is 0 Å². The number of nitrogens with zero attached hydrogens (tertiary/aromatic N) is 2. The summed E-state index contributed by atoms with van der Waals surface area (Å²) >= 11 is 1.89. The molecule has 1 unspecified atom stereocenters. The highest BCUT2D eigenvalue weighted by molar-refractivity contribution is 8.00. The van der Waals surface area contributed by atoms with Crippen molar-refractivity contribution in [3.8, 4) is 0 Å². The van der Waals surface area contributed by atoms with Crippen molar-refractivity contribution >= 4 is 28.9 Å². The summed E-state index contributed by atoms with van der Waals surface area (Å²) in [5.41, 5.74) is 1.46. The van der Waals surface area contributed by atoms with Gasteiger partial charge in [-0.25, -0.2) is 14.8 Å². The molecule has 0 radical (unpaired) electrons. The summed E-state index contributed by atoms with van der Waals surface area (Å²) in [5, 5.41) is 8.93. The number of fused-ring (bicyclic) bond motifs is 1. The highest BCUT2D eigenvalue weighted by atomic mass is 32.2. The first-order chi connectivity index (χ1) is 8.58. The topological polar surface area (TPSA) is 78.9 Å². The number of aromatic nitrogens is 3. The molecule has 2 aromatic heterocycles. The van der Waals surface area contributed by atoms with E-state index < -0.39 is 5.97 Å². The van der Waals surface area contributed by atoms with Crippen molar-refractivity contribution in [2.24, 2.45) is 0 Å². The van der Waals surface area contributed by atoms with Crippen molar-refractivity contribution in [3.05, 3.63) is 23.7 Å². The molecule has 0 saturated carbocycles. The molecule has 1 saturated heterocycles. The molecule has 1 aliphatic rings. The van der Waals surface area contributed by atoms with E-state index >= 15 is 0 Å². The minimum atomic E-state index is -0.970. The van der Waals surface area contributed by atoms with Crippen LogP contribution in [0.5, 0.6) is 0 Å². The molecule has 1 atom stereocenters. The maximum atomic E-state index is 10.9. The molecule has 0 amide bonds. The molecule has 5 nitrogen and oxygen atoms in total. The summed E-state index contributed by atoms with van der Waals surface area (Å²) < 4.78 is 0.00405. The fourth-order valence-electron chi connectivity index (χ4n) is 2.23. The number of hydrogen-bond donors (Lipinski definition) is 2. The Morgan fingerprint density at radius 1 is 1.61 bits per heavy atom. The highest BCUT2D eigenvalue weighted by Gasteiger charge is 2.34. The van der Waals surface area contributed by atoms with Gasteiger partial charge < -0.3 is 10.1 Å². The molecule has 18 heavy (non-hydrogen) atoms. The van der Waals surface area contributed by atoms with Crippen LogP contribution < -0.4 is 0 Å². The maximum Gasteiger partial charge on any atom is 0.337 e. The van der Waals surface area contributed by atoms with E-state index in [9.17, 15) is 4.79 Å². The molecule has 2 aromatic rings. The van der Waals surface area contributed by atoms with Crippen LogP contribution in [-0.4, -0.2) is 31.8 Å². The molecule has 0 aliphatic carbocycles. The first-order valence-corrected chi connectivity index (χ1v) is 6.80. The molecular formula is C12H13N3O2S. The van der Waals surface area contributed by atoms with Gasteiger partial charge in [0.1, 0.15) is 5.82 Å². The third-order valence-corrected chi connectivity index (χ3v) is 4.83. The average Bonchev–Trinajstić information content (AvgIpc) is 2.94. The molecular weight excluding hydrogens is 250 g/mol. The van der Waals surface area contributed by atoms with Crippen molar-refractivity contribution in [1.29, 1.82) is 0 Å². The van der Waals surface area contributed by atoms with Crippen LogP contribution in [0.15, 0.2) is 12.3 Å². The smallest absolute Gasteiger partial charge is 0.337 e. The predicted octanol–water partition coefficient (Wildman–Crippen LogP) is 2.40. The zero-order valence-electron chi connectivity index (χ0n) is 9.93. The number of rotatable bonds is 2. The van der Waals surface area contributed by atoms with E-state index in [2.05, 4.69) is 21.9 Å². The summed E-state index contributed by atoms with van der Waals surface area (Å²) in [6.45, 7) is 2.17. The van der Waals surface area contributed by atoms with Crippen molar-refractivity contribution < 1.29 is 9.90 Å². The number of thioether (sulfide) groups is 1. The third kappa shape index (κ3) is 1.77. The summed E-state index contributed by atoms with van der Waals surface area (Å²) in [5.74, 6) is 1.07. The lowest BCUT2D eigenvalue weighted by molar-refractivity contribution is 0.0696. The average molecular weight is 263 g/mol. The first-order valence-electron chi connectivity index (χ1n) is 5.82. The van der Waals surface area contributed by atoms with Gasteiger partial charge in [0, 0.05) is 6.20 Å². The SMILES string of the molecule is CC1(c2nc3ncc(C(=O)O)cc3[nH]2)CCCS1. The van der Waals surface area contributed by atoms with Gasteiger partial charge in [-0.05, 0) is 31.6 Å². The fraction of sp³-hybridized carbons (Fsp3) is 0.417. The quantitative estimate of drug-likeness (QED) is 0.869. The molecule has 3 heterocycles. The first kappa shape index (κ1) is 11.5. The van der Waals surface area contributed by atoms with Gasteiger partial charge in [-0.2, -0.15) is 0 Å². The van der Waals surface area contributed by atoms with Crippen LogP contribution >= 0.6 is 11.8 Å². The summed E-state index contributed by atoms with van der Waals surface area (Å²) in [6, 6.07) is 1.59. The van der Waals surface area contributed by atoms with Crippen molar-refractivity contribution in [2.75, 3.05) is 5.75 Å². The molecule has 0 bridgehead atoms. The number of hydrogen-bond acceptors (Lipinski definition) is 4. The van der Waals surface area contributed by atoms with Crippen molar-refractivity contribution in [2.45, 2.75) is 24.5 Å². The predicted molar refractivity (Wildman–Crippen MR) is 69.9 cm³/mol. The van der Waals surface area contributed by atoms with E-state index in [-0.39, 0.29) is 10.3 Å². The van der Waals surface area contributed by atoms with Gasteiger partial charge in [-0.1, -0.05) is 0 Å². The van der Waals surface area contributed by atoms with Gasteiger partial charge in [0.2, 0.25) is 0 Å². The summed E-state index contributed by atoms with van der Waals surface area (Å²) in [6.07, 6.45) is 3.62.